The van der Waals surface area contributed by atoms with Gasteiger partial charge in [-0.15, -0.1) is 0 Å². The molecule has 96 valence electrons. The summed E-state index contributed by atoms with van der Waals surface area (Å²) in [5.41, 5.74) is 1.35. The number of hydrogen-bond acceptors (Lipinski definition) is 4. The summed E-state index contributed by atoms with van der Waals surface area (Å²) < 4.78 is 5.75. The van der Waals surface area contributed by atoms with Crippen molar-refractivity contribution in [2.24, 2.45) is 0 Å². The summed E-state index contributed by atoms with van der Waals surface area (Å²) in [7, 11) is 1.48. The van der Waals surface area contributed by atoms with Gasteiger partial charge in [0.2, 0.25) is 0 Å². The predicted molar refractivity (Wildman–Crippen MR) is 70.4 cm³/mol. The fraction of sp³-hybridized carbons (Fsp3) is 0.333. The first-order valence-electron chi connectivity index (χ1n) is 5.25. The minimum Gasteiger partial charge on any atom is -0.481 e. The summed E-state index contributed by atoms with van der Waals surface area (Å²) in [6.07, 6.45) is -0.446. The number of halogens is 1. The van der Waals surface area contributed by atoms with Crippen molar-refractivity contribution in [2.75, 3.05) is 19.0 Å². The lowest BCUT2D eigenvalue weighted by Gasteiger charge is -2.15. The molecule has 0 aliphatic heterocycles. The molecule has 0 aliphatic rings. The van der Waals surface area contributed by atoms with E-state index >= 15 is 0 Å². The average Bonchev–Trinajstić information content (AvgIpc) is 2.34. The lowest BCUT2D eigenvalue weighted by Crippen LogP contribution is -2.24. The Kier molecular flexibility index (Phi) is 5.62. The van der Waals surface area contributed by atoms with Crippen LogP contribution in [0.2, 0.25) is 0 Å². The lowest BCUT2D eigenvalue weighted by molar-refractivity contribution is -0.139. The highest BCUT2D eigenvalue weighted by molar-refractivity contribution is 9.10. The number of ether oxygens (including phenoxy) is 1. The highest BCUT2D eigenvalue weighted by Gasteiger charge is 2.12. The number of carboxylic acids is 1. The molecule has 1 aromatic carbocycles. The molecule has 1 rings (SSSR count). The van der Waals surface area contributed by atoms with Crippen molar-refractivity contribution in [1.29, 1.82) is 5.26 Å². The normalized spacial score (nSPS) is 11.6. The number of methoxy groups -OCH3 is 1. The third-order valence-corrected chi connectivity index (χ3v) is 3.02. The summed E-state index contributed by atoms with van der Waals surface area (Å²) in [5.74, 6) is -0.898. The minimum atomic E-state index is -0.898. The highest BCUT2D eigenvalue weighted by atomic mass is 79.9. The Morgan fingerprint density at radius 2 is 2.39 bits per heavy atom. The van der Waals surface area contributed by atoms with E-state index in [-0.39, 0.29) is 6.42 Å². The van der Waals surface area contributed by atoms with Crippen molar-refractivity contribution < 1.29 is 14.6 Å². The van der Waals surface area contributed by atoms with Crippen LogP contribution in [0.3, 0.4) is 0 Å². The second-order valence-corrected chi connectivity index (χ2v) is 4.50. The zero-order valence-electron chi connectivity index (χ0n) is 9.81. The van der Waals surface area contributed by atoms with Crippen LogP contribution in [0.5, 0.6) is 0 Å². The fourth-order valence-electron chi connectivity index (χ4n) is 1.38. The molecule has 0 bridgehead atoms. The molecular weight excluding hydrogens is 300 g/mol. The summed E-state index contributed by atoms with van der Waals surface area (Å²) in [6, 6.07) is 7.26. The van der Waals surface area contributed by atoms with E-state index in [1.165, 1.54) is 7.11 Å². The van der Waals surface area contributed by atoms with E-state index < -0.39 is 12.1 Å². The average molecular weight is 313 g/mol. The van der Waals surface area contributed by atoms with Gasteiger partial charge in [-0.05, 0) is 34.1 Å². The van der Waals surface area contributed by atoms with Crippen LogP contribution in [-0.2, 0) is 9.53 Å². The molecule has 0 fully saturated rings. The molecule has 1 unspecified atom stereocenters. The topological polar surface area (TPSA) is 82.3 Å². The fourth-order valence-corrected chi connectivity index (χ4v) is 1.85. The van der Waals surface area contributed by atoms with Gasteiger partial charge in [-0.25, -0.2) is 0 Å². The van der Waals surface area contributed by atoms with Crippen LogP contribution in [-0.4, -0.2) is 30.8 Å². The van der Waals surface area contributed by atoms with E-state index in [0.29, 0.717) is 16.6 Å². The first-order chi connectivity index (χ1) is 8.56. The van der Waals surface area contributed by atoms with Gasteiger partial charge in [-0.3, -0.25) is 4.79 Å². The summed E-state index contributed by atoms with van der Waals surface area (Å²) in [4.78, 5) is 10.6. The molecule has 0 spiro atoms. The summed E-state index contributed by atoms with van der Waals surface area (Å²) in [5, 5.41) is 20.5. The number of nitriles is 1. The number of nitrogens with zero attached hydrogens (tertiary/aromatic N) is 1. The highest BCUT2D eigenvalue weighted by Crippen LogP contribution is 2.20. The second kappa shape index (κ2) is 6.99. The summed E-state index contributed by atoms with van der Waals surface area (Å²) in [6.45, 7) is 0.390. The van der Waals surface area contributed by atoms with Crippen molar-refractivity contribution in [3.8, 4) is 6.07 Å². The molecule has 5 nitrogen and oxygen atoms in total. The Balaban J connectivity index is 2.60. The van der Waals surface area contributed by atoms with Gasteiger partial charge in [0.05, 0.1) is 18.1 Å². The maximum atomic E-state index is 10.6. The molecular formula is C12H13BrN2O3. The van der Waals surface area contributed by atoms with Crippen LogP contribution < -0.4 is 5.32 Å². The molecule has 0 aliphatic carbocycles. The molecule has 18 heavy (non-hydrogen) atoms. The van der Waals surface area contributed by atoms with Crippen LogP contribution in [0.25, 0.3) is 0 Å². The number of anilines is 1. The number of carboxylic acid groups (broad SMARTS) is 1. The van der Waals surface area contributed by atoms with Crippen LogP contribution in [0, 0.1) is 11.3 Å². The van der Waals surface area contributed by atoms with Gasteiger partial charge in [0.15, 0.2) is 0 Å². The Bertz CT molecular complexity index is 471. The van der Waals surface area contributed by atoms with Crippen molar-refractivity contribution in [3.05, 3.63) is 28.2 Å². The molecule has 2 N–H and O–H groups in total. The quantitative estimate of drug-likeness (QED) is 0.841. The maximum absolute atomic E-state index is 10.6. The van der Waals surface area contributed by atoms with Crippen LogP contribution in [0.15, 0.2) is 22.7 Å². The minimum absolute atomic E-state index is 0.0546. The molecule has 0 saturated carbocycles. The Hall–Kier alpha value is -1.58. The standard InChI is InChI=1S/C12H13BrN2O3/c1-18-10(5-12(16)17)7-15-9-3-2-8(6-14)11(13)4-9/h2-4,10,15H,5,7H2,1H3,(H,16,17). The number of aliphatic carboxylic acids is 1. The number of nitrogens with one attached hydrogen (secondary N) is 1. The van der Waals surface area contributed by atoms with E-state index in [2.05, 4.69) is 21.2 Å². The largest absolute Gasteiger partial charge is 0.481 e. The van der Waals surface area contributed by atoms with Crippen molar-refractivity contribution in [3.63, 3.8) is 0 Å². The zero-order valence-corrected chi connectivity index (χ0v) is 11.4. The monoisotopic (exact) mass is 312 g/mol. The molecule has 0 heterocycles. The van der Waals surface area contributed by atoms with Gasteiger partial charge < -0.3 is 15.2 Å². The molecule has 1 atom stereocenters. The number of carbonyl (C=O) groups is 1. The van der Waals surface area contributed by atoms with Crippen LogP contribution >= 0.6 is 15.9 Å². The number of rotatable bonds is 6. The van der Waals surface area contributed by atoms with E-state index in [9.17, 15) is 4.79 Å². The zero-order chi connectivity index (χ0) is 13.5. The molecule has 0 saturated heterocycles. The van der Waals surface area contributed by atoms with Crippen molar-refractivity contribution in [1.82, 2.24) is 0 Å². The van der Waals surface area contributed by atoms with E-state index in [0.717, 1.165) is 5.69 Å². The molecule has 0 amide bonds. The van der Waals surface area contributed by atoms with E-state index in [1.807, 2.05) is 6.07 Å². The predicted octanol–water partition coefficient (Wildman–Crippen LogP) is 2.22. The SMILES string of the molecule is COC(CNc1ccc(C#N)c(Br)c1)CC(=O)O. The van der Waals surface area contributed by atoms with Gasteiger partial charge in [-0.2, -0.15) is 5.26 Å². The van der Waals surface area contributed by atoms with Gasteiger partial charge in [0.25, 0.3) is 0 Å². The Morgan fingerprint density at radius 3 is 2.89 bits per heavy atom. The summed E-state index contributed by atoms with van der Waals surface area (Å²) >= 11 is 3.28. The van der Waals surface area contributed by atoms with Crippen LogP contribution in [0.1, 0.15) is 12.0 Å². The smallest absolute Gasteiger partial charge is 0.306 e. The first kappa shape index (κ1) is 14.5. The molecule has 0 radical (unpaired) electrons. The Labute approximate surface area is 114 Å². The van der Waals surface area contributed by atoms with Crippen LogP contribution in [0.4, 0.5) is 5.69 Å². The molecule has 1 aromatic rings. The third kappa shape index (κ3) is 4.35. The molecule has 6 heteroatoms. The van der Waals surface area contributed by atoms with E-state index in [1.54, 1.807) is 18.2 Å². The van der Waals surface area contributed by atoms with Gasteiger partial charge in [-0.1, -0.05) is 0 Å². The van der Waals surface area contributed by atoms with Gasteiger partial charge in [0.1, 0.15) is 6.07 Å². The van der Waals surface area contributed by atoms with E-state index in [4.69, 9.17) is 15.1 Å². The Morgan fingerprint density at radius 1 is 1.67 bits per heavy atom. The van der Waals surface area contributed by atoms with Gasteiger partial charge in [0, 0.05) is 23.8 Å². The first-order valence-corrected chi connectivity index (χ1v) is 6.04. The molecule has 0 aromatic heterocycles. The van der Waals surface area contributed by atoms with Gasteiger partial charge >= 0.3 is 5.97 Å². The third-order valence-electron chi connectivity index (χ3n) is 2.36. The van der Waals surface area contributed by atoms with Crippen molar-refractivity contribution in [2.45, 2.75) is 12.5 Å². The number of hydrogen-bond donors (Lipinski definition) is 2. The number of benzene rings is 1. The van der Waals surface area contributed by atoms with Crippen molar-refractivity contribution >= 4 is 27.6 Å². The second-order valence-electron chi connectivity index (χ2n) is 3.64. The maximum Gasteiger partial charge on any atom is 0.306 e. The lowest BCUT2D eigenvalue weighted by atomic mass is 10.2.